The molecule has 0 spiro atoms. The summed E-state index contributed by atoms with van der Waals surface area (Å²) in [4.78, 5) is 25.8. The smallest absolute Gasteiger partial charge is 0.222 e. The van der Waals surface area contributed by atoms with E-state index in [9.17, 15) is 4.79 Å². The van der Waals surface area contributed by atoms with E-state index in [4.69, 9.17) is 0 Å². The molecule has 0 radical (unpaired) electrons. The molecule has 0 unspecified atom stereocenters. The third kappa shape index (κ3) is 5.81. The van der Waals surface area contributed by atoms with Crippen LogP contribution in [0, 0.1) is 11.8 Å². The number of hydrogen-bond donors (Lipinski definition) is 1. The summed E-state index contributed by atoms with van der Waals surface area (Å²) in [5.41, 5.74) is 0. The molecule has 2 aliphatic heterocycles. The molecular formula is C21H35N5O. The first kappa shape index (κ1) is 19.9. The number of piperidine rings is 2. The summed E-state index contributed by atoms with van der Waals surface area (Å²) in [6, 6.07) is 2.05. The van der Waals surface area contributed by atoms with E-state index in [-0.39, 0.29) is 0 Å². The number of nitrogens with zero attached hydrogens (tertiary/aromatic N) is 4. The van der Waals surface area contributed by atoms with Gasteiger partial charge in [0.15, 0.2) is 0 Å². The van der Waals surface area contributed by atoms with Crippen LogP contribution < -0.4 is 10.2 Å². The highest BCUT2D eigenvalue weighted by atomic mass is 16.2. The zero-order chi connectivity index (χ0) is 19.1. The summed E-state index contributed by atoms with van der Waals surface area (Å²) in [7, 11) is 0. The third-order valence-corrected chi connectivity index (χ3v) is 5.83. The molecule has 2 aliphatic rings. The van der Waals surface area contributed by atoms with Gasteiger partial charge in [-0.3, -0.25) is 4.79 Å². The topological polar surface area (TPSA) is 61.4 Å². The lowest BCUT2D eigenvalue weighted by Gasteiger charge is -2.35. The summed E-state index contributed by atoms with van der Waals surface area (Å²) in [6.07, 6.45) is 9.21. The number of carbonyl (C=O) groups is 1. The summed E-state index contributed by atoms with van der Waals surface area (Å²) in [6.45, 7) is 9.26. The maximum atomic E-state index is 12.6. The van der Waals surface area contributed by atoms with E-state index in [2.05, 4.69) is 45.0 Å². The Bertz CT molecular complexity index is 608. The van der Waals surface area contributed by atoms with Crippen molar-refractivity contribution in [2.24, 2.45) is 11.8 Å². The average Bonchev–Trinajstić information content (AvgIpc) is 2.71. The molecule has 0 bridgehead atoms. The van der Waals surface area contributed by atoms with Gasteiger partial charge in [0, 0.05) is 45.2 Å². The third-order valence-electron chi connectivity index (χ3n) is 5.83. The first-order chi connectivity index (χ1) is 13.2. The van der Waals surface area contributed by atoms with Gasteiger partial charge < -0.3 is 15.1 Å². The maximum Gasteiger partial charge on any atom is 0.222 e. The van der Waals surface area contributed by atoms with Crippen LogP contribution in [0.1, 0.15) is 58.8 Å². The Balaban J connectivity index is 1.50. The van der Waals surface area contributed by atoms with E-state index in [0.717, 1.165) is 63.6 Å². The van der Waals surface area contributed by atoms with Crippen molar-refractivity contribution < 1.29 is 4.79 Å². The fraction of sp³-hybridized carbons (Fsp3) is 0.762. The molecule has 1 amide bonds. The van der Waals surface area contributed by atoms with Gasteiger partial charge in [-0.2, -0.15) is 0 Å². The molecule has 1 N–H and O–H groups in total. The van der Waals surface area contributed by atoms with Crippen molar-refractivity contribution in [3.05, 3.63) is 12.4 Å². The van der Waals surface area contributed by atoms with Gasteiger partial charge in [0.25, 0.3) is 0 Å². The van der Waals surface area contributed by atoms with Gasteiger partial charge in [0.05, 0.1) is 0 Å². The van der Waals surface area contributed by atoms with E-state index in [1.165, 1.54) is 19.3 Å². The fourth-order valence-electron chi connectivity index (χ4n) is 4.28. The second kappa shape index (κ2) is 9.90. The number of hydrogen-bond acceptors (Lipinski definition) is 5. The Morgan fingerprint density at radius 1 is 1.22 bits per heavy atom. The monoisotopic (exact) mass is 373 g/mol. The predicted molar refractivity (Wildman–Crippen MR) is 110 cm³/mol. The summed E-state index contributed by atoms with van der Waals surface area (Å²) < 4.78 is 0. The van der Waals surface area contributed by atoms with Gasteiger partial charge in [-0.1, -0.05) is 13.8 Å². The first-order valence-corrected chi connectivity index (χ1v) is 10.7. The quantitative estimate of drug-likeness (QED) is 0.792. The lowest BCUT2D eigenvalue weighted by Crippen LogP contribution is -2.40. The zero-order valence-electron chi connectivity index (χ0n) is 17.0. The van der Waals surface area contributed by atoms with E-state index < -0.39 is 0 Å². The predicted octanol–water partition coefficient (Wildman–Crippen LogP) is 3.55. The van der Waals surface area contributed by atoms with Crippen LogP contribution in [0.15, 0.2) is 12.4 Å². The number of amides is 1. The van der Waals surface area contributed by atoms with Crippen LogP contribution in [0.2, 0.25) is 0 Å². The van der Waals surface area contributed by atoms with Crippen LogP contribution >= 0.6 is 0 Å². The molecular weight excluding hydrogens is 338 g/mol. The average molecular weight is 374 g/mol. The summed E-state index contributed by atoms with van der Waals surface area (Å²) in [5.74, 6) is 3.49. The van der Waals surface area contributed by atoms with Crippen molar-refractivity contribution in [2.75, 3.05) is 42.9 Å². The molecule has 2 atom stereocenters. The van der Waals surface area contributed by atoms with E-state index in [1.807, 2.05) is 0 Å². The molecule has 3 rings (SSSR count). The van der Waals surface area contributed by atoms with Crippen molar-refractivity contribution >= 4 is 17.5 Å². The number of nitrogens with one attached hydrogen (secondary N) is 1. The molecule has 1 aromatic heterocycles. The Morgan fingerprint density at radius 3 is 2.89 bits per heavy atom. The summed E-state index contributed by atoms with van der Waals surface area (Å²) in [5, 5.41) is 3.34. The van der Waals surface area contributed by atoms with Crippen LogP contribution in [0.4, 0.5) is 11.6 Å². The van der Waals surface area contributed by atoms with Crippen LogP contribution in [0.5, 0.6) is 0 Å². The fourth-order valence-corrected chi connectivity index (χ4v) is 4.28. The van der Waals surface area contributed by atoms with Gasteiger partial charge >= 0.3 is 0 Å². The van der Waals surface area contributed by atoms with Crippen LogP contribution in [0.25, 0.3) is 0 Å². The highest BCUT2D eigenvalue weighted by molar-refractivity contribution is 5.76. The van der Waals surface area contributed by atoms with Crippen molar-refractivity contribution in [3.8, 4) is 0 Å². The number of likely N-dealkylation sites (tertiary alicyclic amines) is 1. The molecule has 6 nitrogen and oxygen atoms in total. The highest BCUT2D eigenvalue weighted by Crippen LogP contribution is 2.26. The molecule has 2 saturated heterocycles. The van der Waals surface area contributed by atoms with Gasteiger partial charge in [-0.25, -0.2) is 9.97 Å². The second-order valence-corrected chi connectivity index (χ2v) is 8.27. The van der Waals surface area contributed by atoms with Gasteiger partial charge in [-0.15, -0.1) is 0 Å². The minimum Gasteiger partial charge on any atom is -0.370 e. The highest BCUT2D eigenvalue weighted by Gasteiger charge is 2.25. The minimum absolute atomic E-state index is 0.353. The standard InChI is InChI=1S/C21H35N5O/c1-3-10-22-19-13-20(24-16-23-19)25-11-5-7-18(15-25)8-9-21(27)26-12-4-6-17(2)14-26/h13,16-18H,3-12,14-15H2,1-2H3,(H,22,23,24)/t17-,18-/m1/s1. The van der Waals surface area contributed by atoms with E-state index in [1.54, 1.807) is 6.33 Å². The Hall–Kier alpha value is -1.85. The Kier molecular flexibility index (Phi) is 7.30. The maximum absolute atomic E-state index is 12.6. The number of carbonyl (C=O) groups excluding carboxylic acids is 1. The number of aromatic nitrogens is 2. The largest absolute Gasteiger partial charge is 0.370 e. The van der Waals surface area contributed by atoms with Gasteiger partial charge in [0.1, 0.15) is 18.0 Å². The SMILES string of the molecule is CCCNc1cc(N2CCC[C@H](CCC(=O)N3CCC[C@@H](C)C3)C2)ncn1. The van der Waals surface area contributed by atoms with E-state index in [0.29, 0.717) is 24.2 Å². The molecule has 0 aliphatic carbocycles. The molecule has 6 heteroatoms. The van der Waals surface area contributed by atoms with E-state index >= 15 is 0 Å². The summed E-state index contributed by atoms with van der Waals surface area (Å²) >= 11 is 0. The van der Waals surface area contributed by atoms with Crippen LogP contribution in [0.3, 0.4) is 0 Å². The molecule has 0 saturated carbocycles. The van der Waals surface area contributed by atoms with Crippen molar-refractivity contribution in [2.45, 2.75) is 58.8 Å². The Labute approximate surface area is 163 Å². The molecule has 2 fully saturated rings. The van der Waals surface area contributed by atoms with Crippen LogP contribution in [-0.2, 0) is 4.79 Å². The lowest BCUT2D eigenvalue weighted by atomic mass is 9.92. The Morgan fingerprint density at radius 2 is 2.07 bits per heavy atom. The first-order valence-electron chi connectivity index (χ1n) is 10.7. The number of rotatable bonds is 7. The van der Waals surface area contributed by atoms with Crippen molar-refractivity contribution in [3.63, 3.8) is 0 Å². The second-order valence-electron chi connectivity index (χ2n) is 8.27. The zero-order valence-corrected chi connectivity index (χ0v) is 17.0. The molecule has 1 aromatic rings. The van der Waals surface area contributed by atoms with Crippen LogP contribution in [-0.4, -0.2) is 53.5 Å². The minimum atomic E-state index is 0.353. The lowest BCUT2D eigenvalue weighted by molar-refractivity contribution is -0.133. The molecule has 0 aromatic carbocycles. The molecule has 27 heavy (non-hydrogen) atoms. The number of anilines is 2. The van der Waals surface area contributed by atoms with Gasteiger partial charge in [-0.05, 0) is 50.4 Å². The molecule has 150 valence electrons. The van der Waals surface area contributed by atoms with Crippen molar-refractivity contribution in [1.82, 2.24) is 14.9 Å². The van der Waals surface area contributed by atoms with Crippen molar-refractivity contribution in [1.29, 1.82) is 0 Å². The normalized spacial score (nSPS) is 23.3. The van der Waals surface area contributed by atoms with Gasteiger partial charge in [0.2, 0.25) is 5.91 Å². The molecule has 3 heterocycles.